The number of rotatable bonds is 5. The summed E-state index contributed by atoms with van der Waals surface area (Å²) < 4.78 is 31.8. The third kappa shape index (κ3) is 3.46. The van der Waals surface area contributed by atoms with Gasteiger partial charge in [0, 0.05) is 18.0 Å². The Hall–Kier alpha value is -1.66. The summed E-state index contributed by atoms with van der Waals surface area (Å²) in [4.78, 5) is 11.2. The van der Waals surface area contributed by atoms with Gasteiger partial charge >= 0.3 is 5.63 Å². The van der Waals surface area contributed by atoms with Gasteiger partial charge in [0.15, 0.2) is 0 Å². The predicted octanol–water partition coefficient (Wildman–Crippen LogP) is 2.12. The Morgan fingerprint density at radius 3 is 2.65 bits per heavy atom. The van der Waals surface area contributed by atoms with Crippen LogP contribution in [-0.4, -0.2) is 15.0 Å². The summed E-state index contributed by atoms with van der Waals surface area (Å²) in [5, 5.41) is 0.580. The van der Waals surface area contributed by atoms with Gasteiger partial charge in [-0.3, -0.25) is 0 Å². The fourth-order valence-corrected chi connectivity index (χ4v) is 2.86. The minimum Gasteiger partial charge on any atom is -0.423 e. The van der Waals surface area contributed by atoms with E-state index in [2.05, 4.69) is 4.72 Å². The first-order valence-corrected chi connectivity index (χ1v) is 7.90. The van der Waals surface area contributed by atoms with Gasteiger partial charge in [-0.15, -0.1) is 0 Å². The molecule has 0 aliphatic rings. The second kappa shape index (κ2) is 5.76. The Bertz CT molecular complexity index is 762. The van der Waals surface area contributed by atoms with Gasteiger partial charge in [-0.1, -0.05) is 13.8 Å². The number of fused-ring (bicyclic) bond motifs is 1. The van der Waals surface area contributed by atoms with Crippen LogP contribution in [0.2, 0.25) is 0 Å². The molecule has 2 aromatic rings. The number of hydrogen-bond acceptors (Lipinski definition) is 4. The van der Waals surface area contributed by atoms with Gasteiger partial charge in [0.2, 0.25) is 10.0 Å². The summed E-state index contributed by atoms with van der Waals surface area (Å²) >= 11 is 0. The Labute approximate surface area is 117 Å². The smallest absolute Gasteiger partial charge is 0.336 e. The van der Waals surface area contributed by atoms with E-state index in [9.17, 15) is 13.2 Å². The van der Waals surface area contributed by atoms with E-state index in [1.165, 1.54) is 24.3 Å². The molecule has 5 nitrogen and oxygen atoms in total. The quantitative estimate of drug-likeness (QED) is 0.857. The lowest BCUT2D eigenvalue weighted by atomic mass is 10.1. The Morgan fingerprint density at radius 2 is 1.95 bits per heavy atom. The maximum Gasteiger partial charge on any atom is 0.336 e. The van der Waals surface area contributed by atoms with Crippen LogP contribution in [0.15, 0.2) is 44.4 Å². The maximum absolute atomic E-state index is 12.1. The molecule has 1 heterocycles. The summed E-state index contributed by atoms with van der Waals surface area (Å²) in [5.41, 5.74) is -0.0817. The third-order valence-electron chi connectivity index (χ3n) is 2.91. The lowest BCUT2D eigenvalue weighted by Crippen LogP contribution is -2.25. The van der Waals surface area contributed by atoms with E-state index in [1.807, 2.05) is 13.8 Å². The fourth-order valence-electron chi connectivity index (χ4n) is 1.78. The molecule has 108 valence electrons. The van der Waals surface area contributed by atoms with E-state index in [1.54, 1.807) is 6.07 Å². The molecule has 1 aromatic heterocycles. The summed E-state index contributed by atoms with van der Waals surface area (Å²) in [6.45, 7) is 4.47. The normalized spacial score (nSPS) is 12.2. The van der Waals surface area contributed by atoms with Crippen LogP contribution in [0.4, 0.5) is 0 Å². The first-order valence-electron chi connectivity index (χ1n) is 6.42. The Morgan fingerprint density at radius 1 is 1.20 bits per heavy atom. The van der Waals surface area contributed by atoms with E-state index in [4.69, 9.17) is 4.42 Å². The van der Waals surface area contributed by atoms with Crippen molar-refractivity contribution in [2.75, 3.05) is 6.54 Å². The molecule has 1 N–H and O–H groups in total. The third-order valence-corrected chi connectivity index (χ3v) is 4.37. The van der Waals surface area contributed by atoms with Crippen LogP contribution in [-0.2, 0) is 10.0 Å². The molecule has 0 amide bonds. The highest BCUT2D eigenvalue weighted by molar-refractivity contribution is 7.89. The van der Waals surface area contributed by atoms with Crippen LogP contribution in [0.1, 0.15) is 20.3 Å². The van der Waals surface area contributed by atoms with E-state index < -0.39 is 15.6 Å². The molecule has 1 aromatic carbocycles. The van der Waals surface area contributed by atoms with Crippen molar-refractivity contribution < 1.29 is 12.8 Å². The van der Waals surface area contributed by atoms with E-state index in [0.29, 0.717) is 23.4 Å². The molecule has 0 unspecified atom stereocenters. The topological polar surface area (TPSA) is 76.4 Å². The van der Waals surface area contributed by atoms with Crippen molar-refractivity contribution in [1.29, 1.82) is 0 Å². The Kier molecular flexibility index (Phi) is 4.25. The van der Waals surface area contributed by atoms with Crippen molar-refractivity contribution in [3.8, 4) is 0 Å². The molecule has 2 rings (SSSR count). The molecule has 0 saturated carbocycles. The highest BCUT2D eigenvalue weighted by atomic mass is 32.2. The molecule has 0 radical (unpaired) electrons. The average Bonchev–Trinajstić information content (AvgIpc) is 2.37. The number of hydrogen-bond donors (Lipinski definition) is 1. The van der Waals surface area contributed by atoms with Gasteiger partial charge in [0.25, 0.3) is 0 Å². The molecule has 6 heteroatoms. The lowest BCUT2D eigenvalue weighted by Gasteiger charge is -2.08. The first kappa shape index (κ1) is 14.7. The predicted molar refractivity (Wildman–Crippen MR) is 77.1 cm³/mol. The van der Waals surface area contributed by atoms with Crippen molar-refractivity contribution in [2.45, 2.75) is 25.2 Å². The minimum absolute atomic E-state index is 0.169. The number of sulfonamides is 1. The fraction of sp³-hybridized carbons (Fsp3) is 0.357. The van der Waals surface area contributed by atoms with E-state index >= 15 is 0 Å². The molecular formula is C14H17NO4S. The van der Waals surface area contributed by atoms with Crippen LogP contribution in [0.3, 0.4) is 0 Å². The zero-order chi connectivity index (χ0) is 14.8. The maximum atomic E-state index is 12.1. The van der Waals surface area contributed by atoms with Crippen LogP contribution in [0.5, 0.6) is 0 Å². The standard InChI is InChI=1S/C14H17NO4S/c1-10(2)7-8-15-20(17,18)12-4-5-13-11(9-12)3-6-14(16)19-13/h3-6,9-10,15H,7-8H2,1-2H3. The molecule has 0 bridgehead atoms. The van der Waals surface area contributed by atoms with Crippen LogP contribution < -0.4 is 10.3 Å². The van der Waals surface area contributed by atoms with Gasteiger partial charge in [-0.05, 0) is 36.6 Å². The van der Waals surface area contributed by atoms with Crippen molar-refractivity contribution in [1.82, 2.24) is 4.72 Å². The molecule has 0 saturated heterocycles. The molecule has 0 fully saturated rings. The second-order valence-corrected chi connectivity index (χ2v) is 6.80. The molecule has 0 aliphatic carbocycles. The molecule has 0 aliphatic heterocycles. The zero-order valence-corrected chi connectivity index (χ0v) is 12.2. The Balaban J connectivity index is 2.28. The average molecular weight is 295 g/mol. The monoisotopic (exact) mass is 295 g/mol. The molecular weight excluding hydrogens is 278 g/mol. The summed E-state index contributed by atoms with van der Waals surface area (Å²) in [7, 11) is -3.53. The molecule has 20 heavy (non-hydrogen) atoms. The van der Waals surface area contributed by atoms with Gasteiger partial charge < -0.3 is 4.42 Å². The van der Waals surface area contributed by atoms with Crippen LogP contribution in [0.25, 0.3) is 11.0 Å². The van der Waals surface area contributed by atoms with Crippen molar-refractivity contribution >= 4 is 21.0 Å². The van der Waals surface area contributed by atoms with Crippen molar-refractivity contribution in [3.05, 3.63) is 40.8 Å². The van der Waals surface area contributed by atoms with Crippen molar-refractivity contribution in [3.63, 3.8) is 0 Å². The summed E-state index contributed by atoms with van der Waals surface area (Å²) in [6, 6.07) is 7.24. The zero-order valence-electron chi connectivity index (χ0n) is 11.4. The van der Waals surface area contributed by atoms with Crippen LogP contribution in [0, 0.1) is 5.92 Å². The van der Waals surface area contributed by atoms with Crippen molar-refractivity contribution in [2.24, 2.45) is 5.92 Å². The molecule has 0 spiro atoms. The SMILES string of the molecule is CC(C)CCNS(=O)(=O)c1ccc2oc(=O)ccc2c1. The van der Waals surface area contributed by atoms with Crippen LogP contribution >= 0.6 is 0 Å². The van der Waals surface area contributed by atoms with E-state index in [-0.39, 0.29) is 4.90 Å². The highest BCUT2D eigenvalue weighted by Gasteiger charge is 2.14. The highest BCUT2D eigenvalue weighted by Crippen LogP contribution is 2.17. The number of nitrogens with one attached hydrogen (secondary N) is 1. The summed E-state index contributed by atoms with van der Waals surface area (Å²) in [5.74, 6) is 0.434. The van der Waals surface area contributed by atoms with Gasteiger partial charge in [-0.25, -0.2) is 17.9 Å². The number of benzene rings is 1. The van der Waals surface area contributed by atoms with Gasteiger partial charge in [0.05, 0.1) is 4.90 Å². The summed E-state index contributed by atoms with van der Waals surface area (Å²) in [6.07, 6.45) is 0.779. The second-order valence-electron chi connectivity index (χ2n) is 5.03. The van der Waals surface area contributed by atoms with Gasteiger partial charge in [0.1, 0.15) is 5.58 Å². The molecule has 0 atom stereocenters. The minimum atomic E-state index is -3.53. The first-order chi connectivity index (χ1) is 9.38. The van der Waals surface area contributed by atoms with Gasteiger partial charge in [-0.2, -0.15) is 0 Å². The van der Waals surface area contributed by atoms with E-state index in [0.717, 1.165) is 6.42 Å². The lowest BCUT2D eigenvalue weighted by molar-refractivity contribution is 0.551. The largest absolute Gasteiger partial charge is 0.423 e.